The van der Waals surface area contributed by atoms with Crippen LogP contribution in [0.5, 0.6) is 17.2 Å². The first-order valence-corrected chi connectivity index (χ1v) is 7.92. The average molecular weight is 353 g/mol. The van der Waals surface area contributed by atoms with Crippen LogP contribution in [-0.4, -0.2) is 36.4 Å². The molecule has 8 heteroatoms. The molecule has 0 atom stereocenters. The second-order valence-corrected chi connectivity index (χ2v) is 5.46. The molecule has 2 aromatic carbocycles. The summed E-state index contributed by atoms with van der Waals surface area (Å²) >= 11 is 0. The van der Waals surface area contributed by atoms with Crippen LogP contribution in [-0.2, 0) is 0 Å². The lowest BCUT2D eigenvalue weighted by molar-refractivity contribution is 0.102. The zero-order valence-electron chi connectivity index (χ0n) is 13.9. The highest BCUT2D eigenvalue weighted by Gasteiger charge is 2.17. The topological polar surface area (TPSA) is 95.7 Å². The van der Waals surface area contributed by atoms with Crippen molar-refractivity contribution in [2.45, 2.75) is 0 Å². The van der Waals surface area contributed by atoms with E-state index in [4.69, 9.17) is 18.6 Å². The molecule has 0 saturated carbocycles. The minimum absolute atomic E-state index is 0.00251. The smallest absolute Gasteiger partial charge is 0.322 e. The van der Waals surface area contributed by atoms with Crippen LogP contribution in [0, 0.1) is 0 Å². The van der Waals surface area contributed by atoms with Crippen molar-refractivity contribution in [3.63, 3.8) is 0 Å². The maximum atomic E-state index is 12.4. The van der Waals surface area contributed by atoms with Gasteiger partial charge < -0.3 is 18.6 Å². The van der Waals surface area contributed by atoms with Gasteiger partial charge in [0.15, 0.2) is 11.5 Å². The highest BCUT2D eigenvalue weighted by atomic mass is 16.6. The number of hydrogen-bond acceptors (Lipinski definition) is 7. The van der Waals surface area contributed by atoms with E-state index in [2.05, 4.69) is 15.5 Å². The average Bonchev–Trinajstić information content (AvgIpc) is 3.16. The summed E-state index contributed by atoms with van der Waals surface area (Å²) in [5.74, 6) is 1.71. The number of nitrogens with zero attached hydrogens (tertiary/aromatic N) is 2. The summed E-state index contributed by atoms with van der Waals surface area (Å²) < 4.78 is 21.6. The number of aromatic nitrogens is 2. The fourth-order valence-corrected chi connectivity index (χ4v) is 2.50. The first kappa shape index (κ1) is 15.9. The summed E-state index contributed by atoms with van der Waals surface area (Å²) in [7, 11) is 1.58. The molecule has 132 valence electrons. The lowest BCUT2D eigenvalue weighted by atomic mass is 10.2. The molecule has 0 aliphatic carbocycles. The van der Waals surface area contributed by atoms with Crippen molar-refractivity contribution >= 4 is 11.9 Å². The molecule has 26 heavy (non-hydrogen) atoms. The molecular weight excluding hydrogens is 338 g/mol. The lowest BCUT2D eigenvalue weighted by Crippen LogP contribution is -2.17. The number of anilines is 1. The molecule has 4 rings (SSSR count). The van der Waals surface area contributed by atoms with E-state index in [1.807, 2.05) is 18.2 Å². The molecule has 1 aromatic heterocycles. The largest absolute Gasteiger partial charge is 0.497 e. The van der Waals surface area contributed by atoms with Gasteiger partial charge in [-0.1, -0.05) is 11.2 Å². The zero-order chi connectivity index (χ0) is 17.9. The summed E-state index contributed by atoms with van der Waals surface area (Å²) in [5.41, 5.74) is 1.09. The Bertz CT molecular complexity index is 954. The molecule has 2 heterocycles. The number of methoxy groups -OCH3 is 1. The van der Waals surface area contributed by atoms with Crippen LogP contribution in [0.2, 0.25) is 0 Å². The number of ether oxygens (including phenoxy) is 3. The van der Waals surface area contributed by atoms with Crippen LogP contribution in [0.25, 0.3) is 11.5 Å². The Hall–Kier alpha value is -3.55. The highest BCUT2D eigenvalue weighted by Crippen LogP contribution is 2.31. The normalized spacial score (nSPS) is 12.5. The van der Waals surface area contributed by atoms with Crippen molar-refractivity contribution in [1.29, 1.82) is 0 Å². The molecule has 0 spiro atoms. The molecule has 3 aromatic rings. The Balaban J connectivity index is 1.51. The Morgan fingerprint density at radius 3 is 2.77 bits per heavy atom. The molecule has 0 saturated heterocycles. The van der Waals surface area contributed by atoms with Gasteiger partial charge in [-0.05, 0) is 36.4 Å². The van der Waals surface area contributed by atoms with E-state index in [9.17, 15) is 4.79 Å². The predicted octanol–water partition coefficient (Wildman–Crippen LogP) is 2.77. The van der Waals surface area contributed by atoms with Gasteiger partial charge in [-0.15, -0.1) is 5.10 Å². The molecule has 1 N–H and O–H groups in total. The zero-order valence-corrected chi connectivity index (χ0v) is 13.9. The molecular formula is C18H15N3O5. The predicted molar refractivity (Wildman–Crippen MR) is 91.7 cm³/mol. The molecule has 0 bridgehead atoms. The first-order chi connectivity index (χ1) is 12.7. The second kappa shape index (κ2) is 6.75. The van der Waals surface area contributed by atoms with E-state index >= 15 is 0 Å². The van der Waals surface area contributed by atoms with Crippen LogP contribution in [0.15, 0.2) is 46.9 Å². The Morgan fingerprint density at radius 2 is 1.92 bits per heavy atom. The maximum absolute atomic E-state index is 12.4. The first-order valence-electron chi connectivity index (χ1n) is 7.92. The van der Waals surface area contributed by atoms with Crippen molar-refractivity contribution in [3.8, 4) is 28.7 Å². The van der Waals surface area contributed by atoms with Crippen molar-refractivity contribution in [2.75, 3.05) is 25.6 Å². The molecule has 8 nitrogen and oxygen atoms in total. The number of nitrogens with one attached hydrogen (secondary N) is 1. The van der Waals surface area contributed by atoms with Crippen LogP contribution >= 0.6 is 0 Å². The van der Waals surface area contributed by atoms with Gasteiger partial charge in [-0.25, -0.2) is 0 Å². The third kappa shape index (κ3) is 3.16. The SMILES string of the molecule is COc1cccc(-c2nnc(NC(=O)c3ccc4c(c3)OCCO4)o2)c1. The summed E-state index contributed by atoms with van der Waals surface area (Å²) in [4.78, 5) is 12.4. The van der Waals surface area contributed by atoms with Crippen LogP contribution in [0.4, 0.5) is 6.01 Å². The fraction of sp³-hybridized carbons (Fsp3) is 0.167. The van der Waals surface area contributed by atoms with E-state index in [-0.39, 0.29) is 17.8 Å². The van der Waals surface area contributed by atoms with Gasteiger partial charge in [-0.3, -0.25) is 10.1 Å². The maximum Gasteiger partial charge on any atom is 0.322 e. The summed E-state index contributed by atoms with van der Waals surface area (Å²) in [6.45, 7) is 0.944. The third-order valence-corrected chi connectivity index (χ3v) is 3.77. The Labute approximate surface area is 148 Å². The van der Waals surface area contributed by atoms with Gasteiger partial charge in [0, 0.05) is 11.1 Å². The second-order valence-electron chi connectivity index (χ2n) is 5.46. The minimum atomic E-state index is -0.386. The number of benzene rings is 2. The van der Waals surface area contributed by atoms with Gasteiger partial charge in [0.1, 0.15) is 19.0 Å². The molecule has 0 fully saturated rings. The minimum Gasteiger partial charge on any atom is -0.497 e. The molecule has 1 aliphatic rings. The van der Waals surface area contributed by atoms with E-state index in [1.165, 1.54) is 0 Å². The number of fused-ring (bicyclic) bond motifs is 1. The van der Waals surface area contributed by atoms with Crippen molar-refractivity contribution in [3.05, 3.63) is 48.0 Å². The van der Waals surface area contributed by atoms with Gasteiger partial charge >= 0.3 is 6.01 Å². The van der Waals surface area contributed by atoms with Crippen LogP contribution in [0.1, 0.15) is 10.4 Å². The van der Waals surface area contributed by atoms with Crippen LogP contribution in [0.3, 0.4) is 0 Å². The van der Waals surface area contributed by atoms with E-state index < -0.39 is 0 Å². The Kier molecular flexibility index (Phi) is 4.14. The number of carbonyl (C=O) groups excluding carboxylic acids is 1. The van der Waals surface area contributed by atoms with Crippen molar-refractivity contribution in [2.24, 2.45) is 0 Å². The van der Waals surface area contributed by atoms with Crippen molar-refractivity contribution < 1.29 is 23.4 Å². The standard InChI is InChI=1S/C18H15N3O5/c1-23-13-4-2-3-12(9-13)17-20-21-18(26-17)19-16(22)11-5-6-14-15(10-11)25-8-7-24-14/h2-6,9-10H,7-8H2,1H3,(H,19,21,22). The number of hydrogen-bond donors (Lipinski definition) is 1. The summed E-state index contributed by atoms with van der Waals surface area (Å²) in [6, 6.07) is 12.1. The summed E-state index contributed by atoms with van der Waals surface area (Å²) in [5, 5.41) is 10.4. The fourth-order valence-electron chi connectivity index (χ4n) is 2.50. The van der Waals surface area contributed by atoms with E-state index in [1.54, 1.807) is 31.4 Å². The third-order valence-electron chi connectivity index (χ3n) is 3.77. The highest BCUT2D eigenvalue weighted by molar-refractivity contribution is 6.03. The van der Waals surface area contributed by atoms with Gasteiger partial charge in [-0.2, -0.15) is 0 Å². The molecule has 1 amide bonds. The van der Waals surface area contributed by atoms with Gasteiger partial charge in [0.2, 0.25) is 5.89 Å². The molecule has 1 aliphatic heterocycles. The van der Waals surface area contributed by atoms with Crippen LogP contribution < -0.4 is 19.5 Å². The molecule has 0 radical (unpaired) electrons. The Morgan fingerprint density at radius 1 is 1.08 bits per heavy atom. The number of amides is 1. The van der Waals surface area contributed by atoms with E-state index in [0.717, 1.165) is 0 Å². The molecule has 0 unspecified atom stereocenters. The monoisotopic (exact) mass is 353 g/mol. The number of carbonyl (C=O) groups is 1. The van der Waals surface area contributed by atoms with E-state index in [0.29, 0.717) is 41.6 Å². The van der Waals surface area contributed by atoms with Gasteiger partial charge in [0.05, 0.1) is 7.11 Å². The quantitative estimate of drug-likeness (QED) is 0.770. The van der Waals surface area contributed by atoms with Gasteiger partial charge in [0.25, 0.3) is 5.91 Å². The number of rotatable bonds is 4. The van der Waals surface area contributed by atoms with Crippen molar-refractivity contribution in [1.82, 2.24) is 10.2 Å². The summed E-state index contributed by atoms with van der Waals surface area (Å²) in [6.07, 6.45) is 0. The lowest BCUT2D eigenvalue weighted by Gasteiger charge is -2.18.